The van der Waals surface area contributed by atoms with E-state index in [0.29, 0.717) is 18.1 Å². The molecule has 0 bridgehead atoms. The highest BCUT2D eigenvalue weighted by molar-refractivity contribution is 7.14. The van der Waals surface area contributed by atoms with Gasteiger partial charge in [-0.1, -0.05) is 11.8 Å². The van der Waals surface area contributed by atoms with Crippen molar-refractivity contribution < 1.29 is 19.0 Å². The smallest absolute Gasteiger partial charge is 0.348 e. The molecule has 1 aromatic rings. The Balaban J connectivity index is 2.09. The van der Waals surface area contributed by atoms with Crippen LogP contribution in [0.25, 0.3) is 0 Å². The SMILES string of the molecule is CCOC(=O)c1cc(C)c(C#C[C@@H]2COC(C)(C)O2)s1. The van der Waals surface area contributed by atoms with Crippen molar-refractivity contribution in [3.63, 3.8) is 0 Å². The van der Waals surface area contributed by atoms with Crippen LogP contribution >= 0.6 is 11.3 Å². The second kappa shape index (κ2) is 5.96. The van der Waals surface area contributed by atoms with Gasteiger partial charge in [-0.2, -0.15) is 0 Å². The van der Waals surface area contributed by atoms with E-state index >= 15 is 0 Å². The third kappa shape index (κ3) is 3.60. The Morgan fingerprint density at radius 2 is 2.35 bits per heavy atom. The first-order chi connectivity index (χ1) is 9.41. The molecule has 0 radical (unpaired) electrons. The first-order valence-electron chi connectivity index (χ1n) is 6.52. The average molecular weight is 294 g/mol. The van der Waals surface area contributed by atoms with Crippen molar-refractivity contribution >= 4 is 17.3 Å². The third-order valence-electron chi connectivity index (χ3n) is 2.75. The molecule has 4 nitrogen and oxygen atoms in total. The molecule has 0 saturated carbocycles. The minimum atomic E-state index is -0.570. The van der Waals surface area contributed by atoms with E-state index in [1.165, 1.54) is 11.3 Å². The molecule has 0 aliphatic carbocycles. The predicted molar refractivity (Wildman–Crippen MR) is 76.8 cm³/mol. The lowest BCUT2D eigenvalue weighted by Gasteiger charge is -2.14. The van der Waals surface area contributed by atoms with Gasteiger partial charge in [-0.25, -0.2) is 4.79 Å². The number of carbonyl (C=O) groups is 1. The Bertz CT molecular complexity index is 562. The summed E-state index contributed by atoms with van der Waals surface area (Å²) in [6.07, 6.45) is -0.224. The number of rotatable bonds is 2. The first kappa shape index (κ1) is 15.0. The van der Waals surface area contributed by atoms with Crippen LogP contribution in [0.4, 0.5) is 0 Å². The minimum absolute atomic E-state index is 0.224. The van der Waals surface area contributed by atoms with E-state index in [0.717, 1.165) is 10.4 Å². The zero-order valence-corrected chi connectivity index (χ0v) is 12.9. The lowest BCUT2D eigenvalue weighted by atomic mass is 10.2. The fourth-order valence-electron chi connectivity index (χ4n) is 1.81. The van der Waals surface area contributed by atoms with E-state index in [9.17, 15) is 4.79 Å². The second-order valence-electron chi connectivity index (χ2n) is 4.93. The summed E-state index contributed by atoms with van der Waals surface area (Å²) in [4.78, 5) is 13.1. The molecule has 2 rings (SSSR count). The van der Waals surface area contributed by atoms with Gasteiger partial charge in [0.25, 0.3) is 0 Å². The van der Waals surface area contributed by atoms with Crippen molar-refractivity contribution in [1.29, 1.82) is 0 Å². The standard InChI is InChI=1S/C15H18O4S/c1-5-17-14(16)13-8-10(2)12(20-13)7-6-11-9-18-15(3,4)19-11/h8,11H,5,9H2,1-4H3/t11-/m1/s1. The molecule has 1 aromatic heterocycles. The summed E-state index contributed by atoms with van der Waals surface area (Å²) in [5.41, 5.74) is 0.976. The summed E-state index contributed by atoms with van der Waals surface area (Å²) in [5.74, 6) is 5.24. The molecule has 1 fully saturated rings. The van der Waals surface area contributed by atoms with Crippen LogP contribution in [-0.4, -0.2) is 31.1 Å². The van der Waals surface area contributed by atoms with Crippen LogP contribution in [0, 0.1) is 18.8 Å². The highest BCUT2D eigenvalue weighted by Crippen LogP contribution is 2.24. The van der Waals surface area contributed by atoms with Gasteiger partial charge in [-0.15, -0.1) is 11.3 Å². The van der Waals surface area contributed by atoms with Crippen molar-refractivity contribution in [2.75, 3.05) is 13.2 Å². The summed E-state index contributed by atoms with van der Waals surface area (Å²) in [6.45, 7) is 8.29. The normalized spacial score (nSPS) is 20.3. The van der Waals surface area contributed by atoms with Crippen LogP contribution in [0.3, 0.4) is 0 Å². The van der Waals surface area contributed by atoms with Crippen LogP contribution in [-0.2, 0) is 14.2 Å². The maximum Gasteiger partial charge on any atom is 0.348 e. The molecule has 1 saturated heterocycles. The molecule has 1 aliphatic heterocycles. The Morgan fingerprint density at radius 1 is 1.60 bits per heavy atom. The maximum absolute atomic E-state index is 11.7. The maximum atomic E-state index is 11.7. The minimum Gasteiger partial charge on any atom is -0.462 e. The fourth-order valence-corrected chi connectivity index (χ4v) is 2.74. The lowest BCUT2D eigenvalue weighted by Crippen LogP contribution is -2.20. The number of esters is 1. The number of hydrogen-bond acceptors (Lipinski definition) is 5. The van der Waals surface area contributed by atoms with Gasteiger partial charge >= 0.3 is 5.97 Å². The summed E-state index contributed by atoms with van der Waals surface area (Å²) in [7, 11) is 0. The second-order valence-corrected chi connectivity index (χ2v) is 5.98. The zero-order chi connectivity index (χ0) is 14.8. The van der Waals surface area contributed by atoms with Gasteiger partial charge in [0.1, 0.15) is 11.0 Å². The highest BCUT2D eigenvalue weighted by Gasteiger charge is 2.31. The van der Waals surface area contributed by atoms with Crippen molar-refractivity contribution in [2.24, 2.45) is 0 Å². The van der Waals surface area contributed by atoms with Gasteiger partial charge in [0.15, 0.2) is 5.79 Å². The zero-order valence-electron chi connectivity index (χ0n) is 12.1. The van der Waals surface area contributed by atoms with E-state index in [1.54, 1.807) is 6.92 Å². The Morgan fingerprint density at radius 3 is 2.95 bits per heavy atom. The summed E-state index contributed by atoms with van der Waals surface area (Å²) in [5, 5.41) is 0. The average Bonchev–Trinajstić information content (AvgIpc) is 2.90. The van der Waals surface area contributed by atoms with Crippen molar-refractivity contribution in [3.05, 3.63) is 21.4 Å². The number of aryl methyl sites for hydroxylation is 1. The largest absolute Gasteiger partial charge is 0.462 e. The number of ether oxygens (including phenoxy) is 3. The van der Waals surface area contributed by atoms with Gasteiger partial charge in [0.05, 0.1) is 18.1 Å². The van der Waals surface area contributed by atoms with Crippen LogP contribution in [0.1, 0.15) is 40.9 Å². The monoisotopic (exact) mass is 294 g/mol. The van der Waals surface area contributed by atoms with E-state index < -0.39 is 5.79 Å². The van der Waals surface area contributed by atoms with Gasteiger partial charge in [0, 0.05) is 0 Å². The Labute approximate surface area is 123 Å². The Hall–Kier alpha value is -1.35. The van der Waals surface area contributed by atoms with Gasteiger partial charge in [-0.3, -0.25) is 0 Å². The summed E-state index contributed by atoms with van der Waals surface area (Å²) >= 11 is 1.35. The lowest BCUT2D eigenvalue weighted by molar-refractivity contribution is -0.132. The van der Waals surface area contributed by atoms with Crippen molar-refractivity contribution in [2.45, 2.75) is 39.6 Å². The number of carbonyl (C=O) groups excluding carboxylic acids is 1. The highest BCUT2D eigenvalue weighted by atomic mass is 32.1. The van der Waals surface area contributed by atoms with Crippen molar-refractivity contribution in [1.82, 2.24) is 0 Å². The third-order valence-corrected chi connectivity index (χ3v) is 3.88. The molecular weight excluding hydrogens is 276 g/mol. The molecule has 1 atom stereocenters. The molecule has 0 unspecified atom stereocenters. The predicted octanol–water partition coefficient (Wildman–Crippen LogP) is 2.74. The molecule has 0 spiro atoms. The summed E-state index contributed by atoms with van der Waals surface area (Å²) < 4.78 is 16.1. The number of hydrogen-bond donors (Lipinski definition) is 0. The molecule has 2 heterocycles. The number of thiophene rings is 1. The fraction of sp³-hybridized carbons (Fsp3) is 0.533. The molecule has 5 heteroatoms. The van der Waals surface area contributed by atoms with E-state index in [1.807, 2.05) is 26.8 Å². The molecule has 0 aromatic carbocycles. The Kier molecular flexibility index (Phi) is 4.48. The molecule has 0 N–H and O–H groups in total. The van der Waals surface area contributed by atoms with Crippen LogP contribution in [0.5, 0.6) is 0 Å². The summed E-state index contributed by atoms with van der Waals surface area (Å²) in [6, 6.07) is 1.81. The van der Waals surface area contributed by atoms with Crippen molar-refractivity contribution in [3.8, 4) is 11.8 Å². The molecule has 20 heavy (non-hydrogen) atoms. The van der Waals surface area contributed by atoms with Gasteiger partial charge < -0.3 is 14.2 Å². The van der Waals surface area contributed by atoms with Gasteiger partial charge in [-0.05, 0) is 39.3 Å². The van der Waals surface area contributed by atoms with Gasteiger partial charge in [0.2, 0.25) is 0 Å². The van der Waals surface area contributed by atoms with E-state index in [2.05, 4.69) is 11.8 Å². The van der Waals surface area contributed by atoms with E-state index in [-0.39, 0.29) is 12.1 Å². The molecule has 108 valence electrons. The quantitative estimate of drug-likeness (QED) is 0.621. The molecule has 1 aliphatic rings. The molecule has 0 amide bonds. The van der Waals surface area contributed by atoms with Crippen LogP contribution in [0.2, 0.25) is 0 Å². The topological polar surface area (TPSA) is 44.8 Å². The van der Waals surface area contributed by atoms with E-state index in [4.69, 9.17) is 14.2 Å². The van der Waals surface area contributed by atoms with Crippen LogP contribution < -0.4 is 0 Å². The molecular formula is C15H18O4S. The first-order valence-corrected chi connectivity index (χ1v) is 7.34. The van der Waals surface area contributed by atoms with Crippen LogP contribution in [0.15, 0.2) is 6.07 Å².